The molecule has 0 fully saturated rings. The predicted molar refractivity (Wildman–Crippen MR) is 52.3 cm³/mol. The standard InChI is InChI=1S/C8H9F2N3OS/c1-4(2)6-5(3-11)7(13-15(6)12)14-8(9)10/h4,8,12H,1-2H3/p+1. The van der Waals surface area contributed by atoms with Crippen molar-refractivity contribution in [2.75, 3.05) is 5.14 Å². The number of halogens is 2. The van der Waals surface area contributed by atoms with Crippen LogP contribution in [0.1, 0.15) is 30.2 Å². The molecule has 1 heterocycles. The Morgan fingerprint density at radius 2 is 2.13 bits per heavy atom. The minimum atomic E-state index is -2.99. The molecular formula is C8H10F2N3OS+. The van der Waals surface area contributed by atoms with E-state index in [4.69, 9.17) is 10.4 Å². The number of nitrogen functional groups attached to an aromatic ring is 1. The van der Waals surface area contributed by atoms with Crippen LogP contribution in [0.15, 0.2) is 0 Å². The third kappa shape index (κ3) is 2.40. The summed E-state index contributed by atoms with van der Waals surface area (Å²) in [7, 11) is -1.03. The fourth-order valence-electron chi connectivity index (χ4n) is 1.19. The number of aromatic nitrogens is 1. The first-order valence-corrected chi connectivity index (χ1v) is 5.38. The summed E-state index contributed by atoms with van der Waals surface area (Å²) < 4.78 is 31.8. The van der Waals surface area contributed by atoms with Crippen LogP contribution >= 0.6 is 10.9 Å². The fourth-order valence-corrected chi connectivity index (χ4v) is 2.43. The average Bonchev–Trinajstić information content (AvgIpc) is 2.40. The van der Waals surface area contributed by atoms with E-state index in [1.807, 2.05) is 13.8 Å². The van der Waals surface area contributed by atoms with E-state index in [0.29, 0.717) is 4.88 Å². The van der Waals surface area contributed by atoms with E-state index in [-0.39, 0.29) is 17.4 Å². The van der Waals surface area contributed by atoms with Crippen molar-refractivity contribution in [3.05, 3.63) is 10.4 Å². The molecule has 1 atom stereocenters. The lowest BCUT2D eigenvalue weighted by atomic mass is 10.1. The second kappa shape index (κ2) is 4.51. The van der Waals surface area contributed by atoms with Crippen molar-refractivity contribution >= 4 is 10.9 Å². The van der Waals surface area contributed by atoms with Crippen LogP contribution in [0, 0.1) is 11.3 Å². The summed E-state index contributed by atoms with van der Waals surface area (Å²) in [6.45, 7) is 0.649. The number of hydrogen-bond acceptors (Lipinski definition) is 4. The average molecular weight is 234 g/mol. The third-order valence-corrected chi connectivity index (χ3v) is 3.19. The summed E-state index contributed by atoms with van der Waals surface area (Å²) in [6, 6.07) is 1.80. The van der Waals surface area contributed by atoms with E-state index in [1.165, 1.54) is 0 Å². The maximum Gasteiger partial charge on any atom is 0.388 e. The molecule has 15 heavy (non-hydrogen) atoms. The minimum absolute atomic E-state index is 0.0181. The van der Waals surface area contributed by atoms with Gasteiger partial charge in [-0.2, -0.15) is 14.0 Å². The summed E-state index contributed by atoms with van der Waals surface area (Å²) >= 11 is 0. The summed E-state index contributed by atoms with van der Waals surface area (Å²) in [5.41, 5.74) is 0.0381. The van der Waals surface area contributed by atoms with Gasteiger partial charge in [-0.25, -0.2) is 0 Å². The van der Waals surface area contributed by atoms with E-state index in [1.54, 1.807) is 6.07 Å². The van der Waals surface area contributed by atoms with Crippen molar-refractivity contribution in [2.45, 2.75) is 26.4 Å². The lowest BCUT2D eigenvalue weighted by Crippen LogP contribution is -2.03. The molecule has 0 saturated heterocycles. The molecule has 0 aliphatic rings. The van der Waals surface area contributed by atoms with Crippen molar-refractivity contribution in [2.24, 2.45) is 0 Å². The molecule has 1 unspecified atom stereocenters. The molecule has 2 N–H and O–H groups in total. The van der Waals surface area contributed by atoms with Crippen molar-refractivity contribution in [3.63, 3.8) is 0 Å². The van der Waals surface area contributed by atoms with Crippen LogP contribution in [0.4, 0.5) is 8.78 Å². The van der Waals surface area contributed by atoms with E-state index in [2.05, 4.69) is 9.11 Å². The molecule has 1 aromatic heterocycles. The lowest BCUT2D eigenvalue weighted by Gasteiger charge is -1.98. The number of nitrogens with zero attached hydrogens (tertiary/aromatic N) is 2. The number of ether oxygens (including phenoxy) is 1. The van der Waals surface area contributed by atoms with Gasteiger partial charge in [0.25, 0.3) is 5.88 Å². The molecule has 7 heteroatoms. The Hall–Kier alpha value is -1.26. The van der Waals surface area contributed by atoms with Gasteiger partial charge in [-0.05, 0) is 0 Å². The maximum absolute atomic E-state index is 12.0. The monoisotopic (exact) mass is 234 g/mol. The van der Waals surface area contributed by atoms with Crippen LogP contribution in [0.3, 0.4) is 0 Å². The zero-order chi connectivity index (χ0) is 11.6. The Morgan fingerprint density at radius 3 is 2.53 bits per heavy atom. The van der Waals surface area contributed by atoms with Gasteiger partial charge >= 0.3 is 6.61 Å². The van der Waals surface area contributed by atoms with Crippen LogP contribution < -0.4 is 9.88 Å². The second-order valence-corrected chi connectivity index (χ2v) is 4.35. The first-order valence-electron chi connectivity index (χ1n) is 4.14. The fraction of sp³-hybridized carbons (Fsp3) is 0.500. The molecule has 1 rings (SSSR count). The Balaban J connectivity index is 3.20. The maximum atomic E-state index is 12.0. The summed E-state index contributed by atoms with van der Waals surface area (Å²) in [4.78, 5) is 0.563. The highest BCUT2D eigenvalue weighted by atomic mass is 32.2. The topological polar surface area (TPSA) is 71.9 Å². The van der Waals surface area contributed by atoms with Gasteiger partial charge in [-0.3, -0.25) is 0 Å². The molecule has 82 valence electrons. The highest BCUT2D eigenvalue weighted by Crippen LogP contribution is 2.35. The van der Waals surface area contributed by atoms with Crippen LogP contribution in [-0.4, -0.2) is 11.0 Å². The second-order valence-electron chi connectivity index (χ2n) is 3.10. The van der Waals surface area contributed by atoms with Gasteiger partial charge in [0, 0.05) is 10.3 Å². The molecule has 0 bridgehead atoms. The molecule has 0 aromatic carbocycles. The summed E-state index contributed by atoms with van der Waals surface area (Å²) in [6.07, 6.45) is 0. The quantitative estimate of drug-likeness (QED) is 0.813. The van der Waals surface area contributed by atoms with Crippen molar-refractivity contribution in [1.82, 2.24) is 4.37 Å². The van der Waals surface area contributed by atoms with Gasteiger partial charge in [-0.15, -0.1) is 5.14 Å². The number of nitrogens with two attached hydrogens (primary N) is 1. The van der Waals surface area contributed by atoms with Crippen LogP contribution in [0.5, 0.6) is 5.88 Å². The first-order chi connectivity index (χ1) is 6.97. The molecule has 0 spiro atoms. The molecule has 4 nitrogen and oxygen atoms in total. The van der Waals surface area contributed by atoms with Gasteiger partial charge < -0.3 is 4.74 Å². The van der Waals surface area contributed by atoms with Gasteiger partial charge in [0.2, 0.25) is 4.88 Å². The van der Waals surface area contributed by atoms with Gasteiger partial charge in [0.1, 0.15) is 6.07 Å². The smallest absolute Gasteiger partial charge is 0.388 e. The minimum Gasteiger partial charge on any atom is -0.411 e. The summed E-state index contributed by atoms with van der Waals surface area (Å²) in [5.74, 6) is -0.363. The van der Waals surface area contributed by atoms with Crippen LogP contribution in [-0.2, 0) is 0 Å². The molecule has 0 amide bonds. The zero-order valence-corrected chi connectivity index (χ0v) is 9.02. The SMILES string of the molecule is CC(C)c1c(C#N)c(OC(F)F)n[s+]1N. The molecular weight excluding hydrogens is 224 g/mol. The first kappa shape index (κ1) is 11.8. The van der Waals surface area contributed by atoms with Crippen molar-refractivity contribution < 1.29 is 13.5 Å². The number of nitriles is 1. The van der Waals surface area contributed by atoms with Gasteiger partial charge in [-0.1, -0.05) is 13.8 Å². The van der Waals surface area contributed by atoms with Crippen molar-refractivity contribution in [3.8, 4) is 11.9 Å². The number of alkyl halides is 2. The van der Waals surface area contributed by atoms with Crippen LogP contribution in [0.2, 0.25) is 0 Å². The Kier molecular flexibility index (Phi) is 3.55. The Bertz CT molecular complexity index is 397. The van der Waals surface area contributed by atoms with E-state index >= 15 is 0 Å². The molecule has 0 aliphatic carbocycles. The predicted octanol–water partition coefficient (Wildman–Crippen LogP) is 2.14. The normalized spacial score (nSPS) is 12.0. The largest absolute Gasteiger partial charge is 0.411 e. The highest BCUT2D eigenvalue weighted by molar-refractivity contribution is 7.26. The molecule has 0 radical (unpaired) electrons. The van der Waals surface area contributed by atoms with Gasteiger partial charge in [0.05, 0.1) is 0 Å². The highest BCUT2D eigenvalue weighted by Gasteiger charge is 2.31. The van der Waals surface area contributed by atoms with Crippen molar-refractivity contribution in [1.29, 1.82) is 5.26 Å². The number of rotatable bonds is 3. The lowest BCUT2D eigenvalue weighted by molar-refractivity contribution is -0.0524. The van der Waals surface area contributed by atoms with E-state index in [9.17, 15) is 8.78 Å². The summed E-state index contributed by atoms with van der Waals surface area (Å²) in [5, 5.41) is 14.4. The molecule has 0 saturated carbocycles. The molecule has 0 aliphatic heterocycles. The van der Waals surface area contributed by atoms with E-state index in [0.717, 1.165) is 0 Å². The Labute approximate surface area is 88.5 Å². The van der Waals surface area contributed by atoms with Gasteiger partial charge in [0.15, 0.2) is 16.4 Å². The Morgan fingerprint density at radius 1 is 1.53 bits per heavy atom. The molecule has 1 aromatic rings. The number of hydrogen-bond donors (Lipinski definition) is 1. The zero-order valence-electron chi connectivity index (χ0n) is 8.20. The third-order valence-electron chi connectivity index (χ3n) is 1.70. The van der Waals surface area contributed by atoms with E-state index < -0.39 is 17.5 Å². The van der Waals surface area contributed by atoms with Crippen LogP contribution in [0.25, 0.3) is 0 Å².